The van der Waals surface area contributed by atoms with E-state index in [-0.39, 0.29) is 29.6 Å². The quantitative estimate of drug-likeness (QED) is 0.775. The van der Waals surface area contributed by atoms with Crippen molar-refractivity contribution in [3.63, 3.8) is 0 Å². The number of rotatable bonds is 4. The Labute approximate surface area is 138 Å². The standard InChI is InChI=1S/C18H29NO4/c1-18(2,3)23-17(22)10-7-11(14(20)8-10)9-19-16(21)15-12-5-4-6-13(12)15/h10-15,20H,4-9H2,1-3H3,(H,19,21)/t10-,11-,12+,13+,14-/m0/s1. The van der Waals surface area contributed by atoms with Gasteiger partial charge < -0.3 is 15.2 Å². The van der Waals surface area contributed by atoms with Crippen LogP contribution in [0.25, 0.3) is 0 Å². The summed E-state index contributed by atoms with van der Waals surface area (Å²) in [6.07, 6.45) is 4.13. The van der Waals surface area contributed by atoms with Crippen molar-refractivity contribution in [2.75, 3.05) is 6.54 Å². The molecule has 0 saturated heterocycles. The Bertz CT molecular complexity index is 474. The SMILES string of the molecule is CC(C)(C)OC(=O)[C@H]1C[C@@H](CNC(=O)C2[C@@H]3CCC[C@@H]23)[C@@H](O)C1. The maximum atomic E-state index is 12.2. The van der Waals surface area contributed by atoms with Gasteiger partial charge in [0.15, 0.2) is 0 Å². The Balaban J connectivity index is 1.44. The van der Waals surface area contributed by atoms with Crippen molar-refractivity contribution in [1.82, 2.24) is 5.32 Å². The van der Waals surface area contributed by atoms with Gasteiger partial charge in [-0.05, 0) is 58.3 Å². The lowest BCUT2D eigenvalue weighted by atomic mass is 10.0. The Kier molecular flexibility index (Phi) is 4.43. The maximum absolute atomic E-state index is 12.2. The van der Waals surface area contributed by atoms with Crippen molar-refractivity contribution in [3.05, 3.63) is 0 Å². The summed E-state index contributed by atoms with van der Waals surface area (Å²) >= 11 is 0. The van der Waals surface area contributed by atoms with E-state index in [4.69, 9.17) is 4.74 Å². The first-order valence-electron chi connectivity index (χ1n) is 8.95. The van der Waals surface area contributed by atoms with Crippen LogP contribution in [0.2, 0.25) is 0 Å². The van der Waals surface area contributed by atoms with Crippen LogP contribution in [0.15, 0.2) is 0 Å². The van der Waals surface area contributed by atoms with Gasteiger partial charge in [0.05, 0.1) is 12.0 Å². The zero-order chi connectivity index (χ0) is 16.8. The molecule has 1 amide bonds. The second kappa shape index (κ2) is 6.08. The van der Waals surface area contributed by atoms with Crippen molar-refractivity contribution in [2.45, 2.75) is 64.6 Å². The van der Waals surface area contributed by atoms with Crippen LogP contribution in [0.5, 0.6) is 0 Å². The second-order valence-corrected chi connectivity index (χ2v) is 8.56. The molecule has 3 fully saturated rings. The summed E-state index contributed by atoms with van der Waals surface area (Å²) in [5.41, 5.74) is -0.502. The lowest BCUT2D eigenvalue weighted by molar-refractivity contribution is -0.160. The van der Waals surface area contributed by atoms with Gasteiger partial charge in [0, 0.05) is 18.4 Å². The van der Waals surface area contributed by atoms with Crippen molar-refractivity contribution >= 4 is 11.9 Å². The van der Waals surface area contributed by atoms with Gasteiger partial charge in [-0.2, -0.15) is 0 Å². The van der Waals surface area contributed by atoms with E-state index < -0.39 is 11.7 Å². The predicted octanol–water partition coefficient (Wildman–Crippen LogP) is 1.88. The first-order chi connectivity index (χ1) is 10.8. The number of hydrogen-bond donors (Lipinski definition) is 2. The molecule has 3 aliphatic rings. The van der Waals surface area contributed by atoms with Crippen LogP contribution < -0.4 is 5.32 Å². The van der Waals surface area contributed by atoms with E-state index in [0.717, 1.165) is 0 Å². The van der Waals surface area contributed by atoms with E-state index in [1.54, 1.807) is 0 Å². The lowest BCUT2D eigenvalue weighted by Crippen LogP contribution is -2.34. The molecule has 0 aliphatic heterocycles. The number of amides is 1. The number of fused-ring (bicyclic) bond motifs is 1. The molecule has 5 nitrogen and oxygen atoms in total. The second-order valence-electron chi connectivity index (χ2n) is 8.56. The first-order valence-corrected chi connectivity index (χ1v) is 8.95. The molecule has 0 radical (unpaired) electrons. The fourth-order valence-corrected chi connectivity index (χ4v) is 4.46. The van der Waals surface area contributed by atoms with Crippen LogP contribution in [0.3, 0.4) is 0 Å². The van der Waals surface area contributed by atoms with Crippen LogP contribution in [0.4, 0.5) is 0 Å². The molecule has 3 aliphatic carbocycles. The van der Waals surface area contributed by atoms with Gasteiger partial charge >= 0.3 is 5.97 Å². The third kappa shape index (κ3) is 3.70. The van der Waals surface area contributed by atoms with E-state index >= 15 is 0 Å². The number of nitrogens with one attached hydrogen (secondary N) is 1. The number of carbonyl (C=O) groups is 2. The Hall–Kier alpha value is -1.10. The average Bonchev–Trinajstić information content (AvgIpc) is 2.80. The molecule has 3 rings (SSSR count). The molecule has 23 heavy (non-hydrogen) atoms. The molecule has 5 heteroatoms. The molecular formula is C18H29NO4. The van der Waals surface area contributed by atoms with E-state index in [1.165, 1.54) is 19.3 Å². The molecule has 3 saturated carbocycles. The molecule has 0 aromatic carbocycles. The van der Waals surface area contributed by atoms with Crippen molar-refractivity contribution in [1.29, 1.82) is 0 Å². The van der Waals surface area contributed by atoms with Crippen molar-refractivity contribution < 1.29 is 19.4 Å². The topological polar surface area (TPSA) is 75.6 Å². The fourth-order valence-electron chi connectivity index (χ4n) is 4.46. The van der Waals surface area contributed by atoms with Gasteiger partial charge in [-0.15, -0.1) is 0 Å². The lowest BCUT2D eigenvalue weighted by Gasteiger charge is -2.22. The number of esters is 1. The molecule has 0 aromatic rings. The molecule has 0 bridgehead atoms. The van der Waals surface area contributed by atoms with E-state index in [1.807, 2.05) is 20.8 Å². The molecule has 2 N–H and O–H groups in total. The highest BCUT2D eigenvalue weighted by Gasteiger charge is 2.56. The van der Waals surface area contributed by atoms with Crippen molar-refractivity contribution in [2.24, 2.45) is 29.6 Å². The van der Waals surface area contributed by atoms with Crippen LogP contribution >= 0.6 is 0 Å². The number of carbonyl (C=O) groups excluding carboxylic acids is 2. The van der Waals surface area contributed by atoms with E-state index in [0.29, 0.717) is 31.2 Å². The zero-order valence-electron chi connectivity index (χ0n) is 14.4. The normalized spacial score (nSPS) is 39.0. The highest BCUT2D eigenvalue weighted by molar-refractivity contribution is 5.82. The van der Waals surface area contributed by atoms with Gasteiger partial charge in [-0.25, -0.2) is 0 Å². The van der Waals surface area contributed by atoms with Crippen LogP contribution in [-0.4, -0.2) is 35.2 Å². The average molecular weight is 323 g/mol. The van der Waals surface area contributed by atoms with Gasteiger partial charge in [0.1, 0.15) is 5.60 Å². The minimum atomic E-state index is -0.536. The Morgan fingerprint density at radius 2 is 1.83 bits per heavy atom. The number of ether oxygens (including phenoxy) is 1. The summed E-state index contributed by atoms with van der Waals surface area (Å²) in [6.45, 7) is 6.01. The van der Waals surface area contributed by atoms with Gasteiger partial charge in [0.2, 0.25) is 5.91 Å². The summed E-state index contributed by atoms with van der Waals surface area (Å²) < 4.78 is 5.41. The van der Waals surface area contributed by atoms with E-state index in [2.05, 4.69) is 5.32 Å². The van der Waals surface area contributed by atoms with Crippen LogP contribution in [-0.2, 0) is 14.3 Å². The zero-order valence-corrected chi connectivity index (χ0v) is 14.4. The van der Waals surface area contributed by atoms with E-state index in [9.17, 15) is 14.7 Å². The molecule has 130 valence electrons. The highest BCUT2D eigenvalue weighted by Crippen LogP contribution is 2.57. The maximum Gasteiger partial charge on any atom is 0.309 e. The summed E-state index contributed by atoms with van der Waals surface area (Å²) in [4.78, 5) is 24.3. The molecule has 0 spiro atoms. The summed E-state index contributed by atoms with van der Waals surface area (Å²) in [5, 5.41) is 13.2. The predicted molar refractivity (Wildman–Crippen MR) is 85.4 cm³/mol. The fraction of sp³-hybridized carbons (Fsp3) is 0.889. The smallest absolute Gasteiger partial charge is 0.309 e. The molecule has 0 heterocycles. The third-order valence-electron chi connectivity index (χ3n) is 5.65. The minimum Gasteiger partial charge on any atom is -0.460 e. The number of hydrogen-bond acceptors (Lipinski definition) is 4. The van der Waals surface area contributed by atoms with Gasteiger partial charge in [-0.1, -0.05) is 6.42 Å². The Morgan fingerprint density at radius 1 is 1.17 bits per heavy atom. The largest absolute Gasteiger partial charge is 0.460 e. The number of aliphatic hydroxyl groups excluding tert-OH is 1. The van der Waals surface area contributed by atoms with Gasteiger partial charge in [-0.3, -0.25) is 9.59 Å². The van der Waals surface area contributed by atoms with Crippen molar-refractivity contribution in [3.8, 4) is 0 Å². The summed E-state index contributed by atoms with van der Waals surface area (Å²) in [7, 11) is 0. The van der Waals surface area contributed by atoms with Crippen LogP contribution in [0.1, 0.15) is 52.9 Å². The first kappa shape index (κ1) is 16.7. The number of aliphatic hydroxyl groups is 1. The molecule has 0 aromatic heterocycles. The summed E-state index contributed by atoms with van der Waals surface area (Å²) in [6, 6.07) is 0. The monoisotopic (exact) mass is 323 g/mol. The molecule has 0 unspecified atom stereocenters. The molecule has 5 atom stereocenters. The highest BCUT2D eigenvalue weighted by atomic mass is 16.6. The third-order valence-corrected chi connectivity index (χ3v) is 5.65. The Morgan fingerprint density at radius 3 is 2.43 bits per heavy atom. The minimum absolute atomic E-state index is 0.0462. The molecular weight excluding hydrogens is 294 g/mol. The van der Waals surface area contributed by atoms with Gasteiger partial charge in [0.25, 0.3) is 0 Å². The summed E-state index contributed by atoms with van der Waals surface area (Å²) in [5.74, 6) is 1.04. The van der Waals surface area contributed by atoms with Crippen LogP contribution in [0, 0.1) is 29.6 Å².